The van der Waals surface area contributed by atoms with Gasteiger partial charge in [-0.05, 0) is 43.9 Å². The summed E-state index contributed by atoms with van der Waals surface area (Å²) in [5.41, 5.74) is 0.0936. The van der Waals surface area contributed by atoms with Crippen LogP contribution in [0.4, 0.5) is 0 Å². The molecule has 0 amide bonds. The van der Waals surface area contributed by atoms with Gasteiger partial charge < -0.3 is 10.2 Å². The zero-order valence-corrected chi connectivity index (χ0v) is 12.5. The highest BCUT2D eigenvalue weighted by atomic mass is 16.3. The molecule has 2 heteroatoms. The predicted molar refractivity (Wildman–Crippen MR) is 81.0 cm³/mol. The summed E-state index contributed by atoms with van der Waals surface area (Å²) in [5, 5.41) is 21.9. The van der Waals surface area contributed by atoms with E-state index in [2.05, 4.69) is 40.7 Å². The fourth-order valence-corrected chi connectivity index (χ4v) is 4.39. The second kappa shape index (κ2) is 4.89. The normalized spacial score (nSPS) is 46.3. The summed E-state index contributed by atoms with van der Waals surface area (Å²) in [7, 11) is 0. The van der Waals surface area contributed by atoms with Gasteiger partial charge in [-0.1, -0.05) is 46.8 Å². The molecule has 0 aromatic heterocycles. The molecule has 4 atom stereocenters. The highest BCUT2D eigenvalue weighted by molar-refractivity contribution is 5.21. The van der Waals surface area contributed by atoms with Crippen LogP contribution in [0.1, 0.15) is 67.7 Å². The first kappa shape index (κ1) is 16.7. The minimum absolute atomic E-state index is 0. The molecule has 0 unspecified atom stereocenters. The molecular formula is C17H32O2. The molecule has 0 radical (unpaired) electrons. The largest absolute Gasteiger partial charge is 0.392 e. The molecule has 2 aliphatic carbocycles. The van der Waals surface area contributed by atoms with E-state index in [9.17, 15) is 10.2 Å². The van der Waals surface area contributed by atoms with E-state index in [-0.39, 0.29) is 18.8 Å². The van der Waals surface area contributed by atoms with Crippen LogP contribution in [-0.2, 0) is 0 Å². The molecule has 0 aliphatic heterocycles. The van der Waals surface area contributed by atoms with Crippen molar-refractivity contribution in [2.75, 3.05) is 0 Å². The van der Waals surface area contributed by atoms with Crippen molar-refractivity contribution in [3.8, 4) is 0 Å². The summed E-state index contributed by atoms with van der Waals surface area (Å²) in [6, 6.07) is 0. The molecule has 0 bridgehead atoms. The first-order valence-corrected chi connectivity index (χ1v) is 7.23. The van der Waals surface area contributed by atoms with Crippen LogP contribution >= 0.6 is 0 Å². The van der Waals surface area contributed by atoms with E-state index in [1.807, 2.05) is 0 Å². The average Bonchev–Trinajstić information content (AvgIpc) is 2.45. The van der Waals surface area contributed by atoms with E-state index in [0.29, 0.717) is 6.42 Å². The highest BCUT2D eigenvalue weighted by Crippen LogP contribution is 2.65. The third kappa shape index (κ3) is 1.99. The maximum absolute atomic E-state index is 11.2. The van der Waals surface area contributed by atoms with Crippen LogP contribution in [0.3, 0.4) is 0 Å². The van der Waals surface area contributed by atoms with E-state index < -0.39 is 17.1 Å². The molecule has 1 saturated carbocycles. The third-order valence-corrected chi connectivity index (χ3v) is 6.25. The Morgan fingerprint density at radius 1 is 1.26 bits per heavy atom. The number of allylic oxidation sites excluding steroid dienone is 1. The molecule has 0 aromatic carbocycles. The third-order valence-electron chi connectivity index (χ3n) is 6.25. The van der Waals surface area contributed by atoms with Gasteiger partial charge in [0.25, 0.3) is 0 Å². The highest BCUT2D eigenvalue weighted by Gasteiger charge is 2.66. The standard InChI is InChI=1S/C16H28O2.CH4/c1-11(2)16(18)9-8-14(4)7-6-12(3)10-13(17)15(14,16)5;/h6,11,13,17-18H,7-10H2,1-5H3;1H4/t13-,14-,15+,16+;/m0./s1. The molecule has 0 aromatic rings. The zero-order valence-electron chi connectivity index (χ0n) is 12.5. The quantitative estimate of drug-likeness (QED) is 0.708. The first-order chi connectivity index (χ1) is 8.17. The minimum Gasteiger partial charge on any atom is -0.392 e. The SMILES string of the molecule is C.CC1=CC[C@@]2(C)CC[C@@](O)(C(C)C)[C@]2(C)[C@@H](O)C1. The molecule has 2 aliphatic rings. The second-order valence-electron chi connectivity index (χ2n) is 7.32. The lowest BCUT2D eigenvalue weighted by Crippen LogP contribution is -2.58. The summed E-state index contributed by atoms with van der Waals surface area (Å²) in [6.45, 7) is 10.6. The Hall–Kier alpha value is -0.340. The van der Waals surface area contributed by atoms with Gasteiger partial charge in [-0.2, -0.15) is 0 Å². The van der Waals surface area contributed by atoms with Crippen LogP contribution in [0.15, 0.2) is 11.6 Å². The van der Waals surface area contributed by atoms with Crippen molar-refractivity contribution in [2.24, 2.45) is 16.7 Å². The Morgan fingerprint density at radius 3 is 2.37 bits per heavy atom. The van der Waals surface area contributed by atoms with Crippen molar-refractivity contribution in [2.45, 2.75) is 79.4 Å². The fraction of sp³-hybridized carbons (Fsp3) is 0.882. The van der Waals surface area contributed by atoms with Gasteiger partial charge >= 0.3 is 0 Å². The maximum atomic E-state index is 11.2. The Bertz CT molecular complexity index is 373. The van der Waals surface area contributed by atoms with E-state index in [4.69, 9.17) is 0 Å². The van der Waals surface area contributed by atoms with Crippen LogP contribution in [0, 0.1) is 16.7 Å². The molecule has 2 nitrogen and oxygen atoms in total. The molecule has 2 N–H and O–H groups in total. The smallest absolute Gasteiger partial charge is 0.0754 e. The minimum atomic E-state index is -0.750. The van der Waals surface area contributed by atoms with Gasteiger partial charge in [-0.25, -0.2) is 0 Å². The first-order valence-electron chi connectivity index (χ1n) is 7.23. The molecule has 0 saturated heterocycles. The molecule has 19 heavy (non-hydrogen) atoms. The summed E-state index contributed by atoms with van der Waals surface area (Å²) in [6.07, 6.45) is 5.29. The molecule has 1 fully saturated rings. The van der Waals surface area contributed by atoms with Gasteiger partial charge in [-0.15, -0.1) is 0 Å². The lowest BCUT2D eigenvalue weighted by atomic mass is 9.56. The lowest BCUT2D eigenvalue weighted by Gasteiger charge is -2.52. The maximum Gasteiger partial charge on any atom is 0.0754 e. The number of hydrogen-bond acceptors (Lipinski definition) is 2. The van der Waals surface area contributed by atoms with Crippen molar-refractivity contribution in [3.63, 3.8) is 0 Å². The van der Waals surface area contributed by atoms with Crippen LogP contribution in [0.5, 0.6) is 0 Å². The van der Waals surface area contributed by atoms with E-state index in [0.717, 1.165) is 19.3 Å². The molecule has 112 valence electrons. The van der Waals surface area contributed by atoms with Gasteiger partial charge in [0.15, 0.2) is 0 Å². The van der Waals surface area contributed by atoms with Crippen LogP contribution in [0.2, 0.25) is 0 Å². The second-order valence-corrected chi connectivity index (χ2v) is 7.32. The van der Waals surface area contributed by atoms with Crippen molar-refractivity contribution >= 4 is 0 Å². The summed E-state index contributed by atoms with van der Waals surface area (Å²) in [5.74, 6) is 0.178. The molecule has 2 rings (SSSR count). The van der Waals surface area contributed by atoms with Crippen LogP contribution in [0.25, 0.3) is 0 Å². The number of fused-ring (bicyclic) bond motifs is 1. The molecule has 0 heterocycles. The summed E-state index contributed by atoms with van der Waals surface area (Å²) >= 11 is 0. The van der Waals surface area contributed by atoms with E-state index in [1.54, 1.807) is 0 Å². The summed E-state index contributed by atoms with van der Waals surface area (Å²) < 4.78 is 0. The van der Waals surface area contributed by atoms with Crippen molar-refractivity contribution in [1.82, 2.24) is 0 Å². The average molecular weight is 268 g/mol. The van der Waals surface area contributed by atoms with E-state index >= 15 is 0 Å². The topological polar surface area (TPSA) is 40.5 Å². The number of aliphatic hydroxyl groups is 2. The van der Waals surface area contributed by atoms with Gasteiger partial charge in [-0.3, -0.25) is 0 Å². The monoisotopic (exact) mass is 268 g/mol. The zero-order chi connectivity index (χ0) is 13.8. The van der Waals surface area contributed by atoms with Gasteiger partial charge in [0.1, 0.15) is 0 Å². The summed E-state index contributed by atoms with van der Waals surface area (Å²) in [4.78, 5) is 0. The van der Waals surface area contributed by atoms with Crippen molar-refractivity contribution in [1.29, 1.82) is 0 Å². The molecule has 0 spiro atoms. The van der Waals surface area contributed by atoms with Crippen molar-refractivity contribution in [3.05, 3.63) is 11.6 Å². The fourth-order valence-electron chi connectivity index (χ4n) is 4.39. The van der Waals surface area contributed by atoms with Gasteiger partial charge in [0, 0.05) is 5.41 Å². The lowest BCUT2D eigenvalue weighted by molar-refractivity contribution is -0.175. The predicted octanol–water partition coefficient (Wildman–Crippen LogP) is 3.92. The van der Waals surface area contributed by atoms with E-state index in [1.165, 1.54) is 5.57 Å². The van der Waals surface area contributed by atoms with Crippen LogP contribution < -0.4 is 0 Å². The number of rotatable bonds is 1. The number of aliphatic hydroxyl groups excluding tert-OH is 1. The Balaban J connectivity index is 0.00000180. The van der Waals surface area contributed by atoms with Crippen LogP contribution in [-0.4, -0.2) is 21.9 Å². The van der Waals surface area contributed by atoms with Gasteiger partial charge in [0.05, 0.1) is 11.7 Å². The Labute approximate surface area is 118 Å². The Kier molecular flexibility index (Phi) is 4.30. The van der Waals surface area contributed by atoms with Crippen molar-refractivity contribution < 1.29 is 10.2 Å². The number of hydrogen-bond donors (Lipinski definition) is 2. The molecular weight excluding hydrogens is 236 g/mol. The van der Waals surface area contributed by atoms with Gasteiger partial charge in [0.2, 0.25) is 0 Å². The Morgan fingerprint density at radius 2 is 1.84 bits per heavy atom.